The molecule has 2 aliphatic rings. The molecule has 1 aromatic rings. The first-order valence-electron chi connectivity index (χ1n) is 7.48. The van der Waals surface area contributed by atoms with Crippen LogP contribution < -0.4 is 20.5 Å². The third-order valence-corrected chi connectivity index (χ3v) is 3.91. The van der Waals surface area contributed by atoms with E-state index in [0.717, 1.165) is 30.3 Å². The molecular weight excluding hydrogens is 254 g/mol. The van der Waals surface area contributed by atoms with Gasteiger partial charge in [-0.05, 0) is 25.9 Å². The molecule has 0 unspecified atom stereocenters. The fourth-order valence-electron chi connectivity index (χ4n) is 2.79. The van der Waals surface area contributed by atoms with Crippen molar-refractivity contribution < 1.29 is 9.47 Å². The molecule has 20 heavy (non-hydrogen) atoms. The van der Waals surface area contributed by atoms with Crippen molar-refractivity contribution in [3.63, 3.8) is 0 Å². The average molecular weight is 277 g/mol. The van der Waals surface area contributed by atoms with Gasteiger partial charge in [0.25, 0.3) is 0 Å². The quantitative estimate of drug-likeness (QED) is 0.824. The van der Waals surface area contributed by atoms with Crippen LogP contribution in [0, 0.1) is 0 Å². The molecular formula is C15H23N3O2. The van der Waals surface area contributed by atoms with E-state index in [1.165, 1.54) is 32.4 Å². The summed E-state index contributed by atoms with van der Waals surface area (Å²) in [6.07, 6.45) is 4.03. The Hall–Kier alpha value is -1.62. The number of piperidine rings is 1. The summed E-state index contributed by atoms with van der Waals surface area (Å²) >= 11 is 0. The average Bonchev–Trinajstić information content (AvgIpc) is 2.49. The van der Waals surface area contributed by atoms with E-state index < -0.39 is 0 Å². The first-order chi connectivity index (χ1) is 9.83. The van der Waals surface area contributed by atoms with Crippen LogP contribution in [0.2, 0.25) is 0 Å². The second kappa shape index (κ2) is 6.22. The van der Waals surface area contributed by atoms with E-state index in [0.29, 0.717) is 18.9 Å². The van der Waals surface area contributed by atoms with Crippen LogP contribution in [0.25, 0.3) is 0 Å². The fraction of sp³-hybridized carbons (Fsp3) is 0.600. The largest absolute Gasteiger partial charge is 0.486 e. The Labute approximate surface area is 120 Å². The van der Waals surface area contributed by atoms with Crippen molar-refractivity contribution in [3.05, 3.63) is 12.1 Å². The number of rotatable bonds is 4. The van der Waals surface area contributed by atoms with Crippen LogP contribution in [0.1, 0.15) is 19.3 Å². The highest BCUT2D eigenvalue weighted by Crippen LogP contribution is 2.36. The standard InChI is InChI=1S/C15H23N3O2/c16-12-10-14-15(20-9-8-19-14)11-13(12)17-4-7-18-5-2-1-3-6-18/h10-11,17H,1-9,16H2. The number of benzene rings is 1. The molecule has 0 amide bonds. The molecule has 1 fully saturated rings. The van der Waals surface area contributed by atoms with Crippen LogP contribution in [0.4, 0.5) is 11.4 Å². The SMILES string of the molecule is Nc1cc2c(cc1NCCN1CCCCC1)OCCO2. The number of nitrogens with two attached hydrogens (primary N) is 1. The number of nitrogens with one attached hydrogen (secondary N) is 1. The summed E-state index contributed by atoms with van der Waals surface area (Å²) < 4.78 is 11.1. The highest BCUT2D eigenvalue weighted by molar-refractivity contribution is 5.72. The molecule has 110 valence electrons. The summed E-state index contributed by atoms with van der Waals surface area (Å²) in [5, 5.41) is 3.41. The lowest BCUT2D eigenvalue weighted by molar-refractivity contribution is 0.172. The van der Waals surface area contributed by atoms with Crippen LogP contribution in [-0.2, 0) is 0 Å². The number of ether oxygens (including phenoxy) is 2. The monoisotopic (exact) mass is 277 g/mol. The van der Waals surface area contributed by atoms with Gasteiger partial charge in [0.2, 0.25) is 0 Å². The van der Waals surface area contributed by atoms with Gasteiger partial charge in [0.1, 0.15) is 13.2 Å². The number of likely N-dealkylation sites (tertiary alicyclic amines) is 1. The minimum Gasteiger partial charge on any atom is -0.486 e. The fourth-order valence-corrected chi connectivity index (χ4v) is 2.79. The smallest absolute Gasteiger partial charge is 0.163 e. The number of nitrogen functional groups attached to an aromatic ring is 1. The maximum atomic E-state index is 6.05. The molecule has 3 N–H and O–H groups in total. The molecule has 2 heterocycles. The molecule has 1 aromatic carbocycles. The lowest BCUT2D eigenvalue weighted by Crippen LogP contribution is -2.33. The zero-order chi connectivity index (χ0) is 13.8. The van der Waals surface area contributed by atoms with Crippen LogP contribution in [0.3, 0.4) is 0 Å². The van der Waals surface area contributed by atoms with Gasteiger partial charge < -0.3 is 25.4 Å². The predicted molar refractivity (Wildman–Crippen MR) is 80.6 cm³/mol. The van der Waals surface area contributed by atoms with Crippen LogP contribution in [0.15, 0.2) is 12.1 Å². The summed E-state index contributed by atoms with van der Waals surface area (Å²) in [5.74, 6) is 1.53. The van der Waals surface area contributed by atoms with Gasteiger partial charge in [-0.15, -0.1) is 0 Å². The van der Waals surface area contributed by atoms with Gasteiger partial charge in [-0.3, -0.25) is 0 Å². The summed E-state index contributed by atoms with van der Waals surface area (Å²) in [5.41, 5.74) is 7.70. The first kappa shape index (κ1) is 13.4. The summed E-state index contributed by atoms with van der Waals surface area (Å²) in [6, 6.07) is 3.79. The maximum Gasteiger partial charge on any atom is 0.163 e. The van der Waals surface area contributed by atoms with Gasteiger partial charge in [-0.2, -0.15) is 0 Å². The van der Waals surface area contributed by atoms with Crippen molar-refractivity contribution in [2.24, 2.45) is 0 Å². The van der Waals surface area contributed by atoms with Crippen molar-refractivity contribution in [2.45, 2.75) is 19.3 Å². The normalized spacial score (nSPS) is 18.8. The minimum absolute atomic E-state index is 0.591. The third-order valence-electron chi connectivity index (χ3n) is 3.91. The molecule has 1 saturated heterocycles. The minimum atomic E-state index is 0.591. The van der Waals surface area contributed by atoms with E-state index in [2.05, 4.69) is 10.2 Å². The Morgan fingerprint density at radius 1 is 1.05 bits per heavy atom. The Kier molecular flexibility index (Phi) is 4.16. The molecule has 2 aliphatic heterocycles. The topological polar surface area (TPSA) is 59.8 Å². The lowest BCUT2D eigenvalue weighted by atomic mass is 10.1. The van der Waals surface area contributed by atoms with E-state index >= 15 is 0 Å². The molecule has 5 nitrogen and oxygen atoms in total. The Morgan fingerprint density at radius 3 is 2.50 bits per heavy atom. The number of hydrogen-bond acceptors (Lipinski definition) is 5. The van der Waals surface area contributed by atoms with Crippen LogP contribution >= 0.6 is 0 Å². The van der Waals surface area contributed by atoms with E-state index in [4.69, 9.17) is 15.2 Å². The zero-order valence-corrected chi connectivity index (χ0v) is 11.9. The number of hydrogen-bond donors (Lipinski definition) is 2. The molecule has 0 radical (unpaired) electrons. The third kappa shape index (κ3) is 3.10. The van der Waals surface area contributed by atoms with Gasteiger partial charge in [-0.25, -0.2) is 0 Å². The molecule has 0 bridgehead atoms. The maximum absolute atomic E-state index is 6.05. The summed E-state index contributed by atoms with van der Waals surface area (Å²) in [4.78, 5) is 2.50. The Bertz CT molecular complexity index is 459. The molecule has 0 spiro atoms. The number of nitrogens with zero attached hydrogens (tertiary/aromatic N) is 1. The molecule has 3 rings (SSSR count). The second-order valence-electron chi connectivity index (χ2n) is 5.41. The molecule has 0 saturated carbocycles. The van der Waals surface area contributed by atoms with Gasteiger partial charge in [-0.1, -0.05) is 6.42 Å². The zero-order valence-electron chi connectivity index (χ0n) is 11.9. The second-order valence-corrected chi connectivity index (χ2v) is 5.41. The van der Waals surface area contributed by atoms with E-state index in [1.54, 1.807) is 0 Å². The highest BCUT2D eigenvalue weighted by atomic mass is 16.6. The Balaban J connectivity index is 1.56. The van der Waals surface area contributed by atoms with Crippen molar-refractivity contribution in [3.8, 4) is 11.5 Å². The first-order valence-corrected chi connectivity index (χ1v) is 7.48. The van der Waals surface area contributed by atoms with Gasteiger partial charge in [0.15, 0.2) is 11.5 Å². The van der Waals surface area contributed by atoms with E-state index in [1.807, 2.05) is 12.1 Å². The molecule has 0 atom stereocenters. The Morgan fingerprint density at radius 2 is 1.75 bits per heavy atom. The summed E-state index contributed by atoms with van der Waals surface area (Å²) in [7, 11) is 0. The predicted octanol–water partition coefficient (Wildman–Crippen LogP) is 1.94. The summed E-state index contributed by atoms with van der Waals surface area (Å²) in [6.45, 7) is 5.60. The van der Waals surface area contributed by atoms with E-state index in [9.17, 15) is 0 Å². The molecule has 0 aliphatic carbocycles. The molecule has 5 heteroatoms. The van der Waals surface area contributed by atoms with Crippen LogP contribution in [-0.4, -0.2) is 44.3 Å². The number of fused-ring (bicyclic) bond motifs is 1. The van der Waals surface area contributed by atoms with Crippen LogP contribution in [0.5, 0.6) is 11.5 Å². The van der Waals surface area contributed by atoms with Crippen molar-refractivity contribution in [2.75, 3.05) is 50.4 Å². The number of anilines is 2. The van der Waals surface area contributed by atoms with Crippen molar-refractivity contribution in [1.29, 1.82) is 0 Å². The van der Waals surface area contributed by atoms with Gasteiger partial charge in [0.05, 0.1) is 11.4 Å². The van der Waals surface area contributed by atoms with Gasteiger partial charge in [0, 0.05) is 25.2 Å². The highest BCUT2D eigenvalue weighted by Gasteiger charge is 2.15. The van der Waals surface area contributed by atoms with Crippen molar-refractivity contribution >= 4 is 11.4 Å². The van der Waals surface area contributed by atoms with Gasteiger partial charge >= 0.3 is 0 Å². The lowest BCUT2D eigenvalue weighted by Gasteiger charge is -2.27. The van der Waals surface area contributed by atoms with E-state index in [-0.39, 0.29) is 0 Å². The van der Waals surface area contributed by atoms with Crippen molar-refractivity contribution in [1.82, 2.24) is 4.90 Å². The molecule has 0 aromatic heterocycles.